The summed E-state index contributed by atoms with van der Waals surface area (Å²) in [6, 6.07) is 2.22. The second-order valence-electron chi connectivity index (χ2n) is 3.83. The van der Waals surface area contributed by atoms with Crippen molar-refractivity contribution in [1.29, 1.82) is 5.26 Å². The van der Waals surface area contributed by atoms with Crippen molar-refractivity contribution < 1.29 is 4.79 Å². The van der Waals surface area contributed by atoms with E-state index in [9.17, 15) is 4.79 Å². The van der Waals surface area contributed by atoms with E-state index in [1.165, 1.54) is 6.42 Å². The van der Waals surface area contributed by atoms with E-state index in [1.807, 2.05) is 6.07 Å². The molecule has 2 atom stereocenters. The third-order valence-corrected chi connectivity index (χ3v) is 2.85. The first kappa shape index (κ1) is 7.60. The van der Waals surface area contributed by atoms with E-state index in [2.05, 4.69) is 5.32 Å². The Morgan fingerprint density at radius 3 is 2.67 bits per heavy atom. The molecule has 2 unspecified atom stereocenters. The summed E-state index contributed by atoms with van der Waals surface area (Å²) in [4.78, 5) is 11.0. The van der Waals surface area contributed by atoms with E-state index < -0.39 is 0 Å². The molecule has 2 saturated carbocycles. The zero-order chi connectivity index (χ0) is 8.55. The summed E-state index contributed by atoms with van der Waals surface area (Å²) in [6.07, 6.45) is 3.65. The predicted molar refractivity (Wildman–Crippen MR) is 43.0 cm³/mol. The van der Waals surface area contributed by atoms with Gasteiger partial charge in [-0.15, -0.1) is 0 Å². The third-order valence-electron chi connectivity index (χ3n) is 2.85. The Morgan fingerprint density at radius 1 is 1.42 bits per heavy atom. The molecule has 2 aliphatic rings. The molecular formula is C9H12N2O. The summed E-state index contributed by atoms with van der Waals surface area (Å²) in [7, 11) is 0. The highest BCUT2D eigenvalue weighted by Crippen LogP contribution is 2.51. The van der Waals surface area contributed by atoms with Gasteiger partial charge in [0.15, 0.2) is 0 Å². The van der Waals surface area contributed by atoms with E-state index in [4.69, 9.17) is 5.26 Å². The summed E-state index contributed by atoms with van der Waals surface area (Å²) in [5.74, 6) is 1.67. The molecule has 3 heteroatoms. The third kappa shape index (κ3) is 1.42. The minimum Gasteiger partial charge on any atom is -0.352 e. The summed E-state index contributed by atoms with van der Waals surface area (Å²) in [6.45, 7) is 0. The first-order chi connectivity index (χ1) is 5.79. The van der Waals surface area contributed by atoms with Gasteiger partial charge >= 0.3 is 0 Å². The highest BCUT2D eigenvalue weighted by molar-refractivity contribution is 5.78. The molecule has 0 saturated heterocycles. The lowest BCUT2D eigenvalue weighted by Crippen LogP contribution is -2.33. The van der Waals surface area contributed by atoms with Crippen LogP contribution in [0.1, 0.15) is 25.7 Å². The minimum atomic E-state index is -0.108. The van der Waals surface area contributed by atoms with Gasteiger partial charge in [0, 0.05) is 6.04 Å². The number of nitrogens with one attached hydrogen (secondary N) is 1. The van der Waals surface area contributed by atoms with Crippen molar-refractivity contribution in [3.05, 3.63) is 0 Å². The van der Waals surface area contributed by atoms with Crippen LogP contribution in [0.15, 0.2) is 0 Å². The molecule has 12 heavy (non-hydrogen) atoms. The molecule has 2 rings (SSSR count). The monoisotopic (exact) mass is 164 g/mol. The molecule has 64 valence electrons. The van der Waals surface area contributed by atoms with Gasteiger partial charge in [0.1, 0.15) is 6.42 Å². The normalized spacial score (nSPS) is 36.8. The SMILES string of the molecule is N#CCC(=O)NC1CC2CC2C1. The number of hydrogen-bond donors (Lipinski definition) is 1. The lowest BCUT2D eigenvalue weighted by molar-refractivity contribution is -0.120. The van der Waals surface area contributed by atoms with Gasteiger partial charge in [-0.2, -0.15) is 5.26 Å². The molecule has 0 aliphatic heterocycles. The van der Waals surface area contributed by atoms with Crippen LogP contribution in [-0.2, 0) is 4.79 Å². The zero-order valence-electron chi connectivity index (χ0n) is 6.92. The Hall–Kier alpha value is -1.04. The van der Waals surface area contributed by atoms with Crippen LogP contribution in [0.3, 0.4) is 0 Å². The molecule has 0 aromatic heterocycles. The van der Waals surface area contributed by atoms with Gasteiger partial charge < -0.3 is 5.32 Å². The maximum absolute atomic E-state index is 11.0. The van der Waals surface area contributed by atoms with Crippen LogP contribution in [0, 0.1) is 23.2 Å². The highest BCUT2D eigenvalue weighted by atomic mass is 16.1. The average Bonchev–Trinajstić information content (AvgIpc) is 2.60. The van der Waals surface area contributed by atoms with Crippen molar-refractivity contribution in [2.75, 3.05) is 0 Å². The number of carbonyl (C=O) groups excluding carboxylic acids is 1. The van der Waals surface area contributed by atoms with Crippen LogP contribution in [0.25, 0.3) is 0 Å². The van der Waals surface area contributed by atoms with Crippen LogP contribution in [-0.4, -0.2) is 11.9 Å². The topological polar surface area (TPSA) is 52.9 Å². The van der Waals surface area contributed by atoms with Crippen LogP contribution < -0.4 is 5.32 Å². The van der Waals surface area contributed by atoms with Crippen LogP contribution in [0.2, 0.25) is 0 Å². The van der Waals surface area contributed by atoms with Crippen molar-refractivity contribution >= 4 is 5.91 Å². The van der Waals surface area contributed by atoms with Gasteiger partial charge in [0.05, 0.1) is 6.07 Å². The second kappa shape index (κ2) is 2.78. The van der Waals surface area contributed by atoms with Crippen LogP contribution >= 0.6 is 0 Å². The number of nitriles is 1. The molecule has 0 aromatic carbocycles. The fourth-order valence-corrected chi connectivity index (χ4v) is 2.18. The fourth-order valence-electron chi connectivity index (χ4n) is 2.18. The molecule has 1 N–H and O–H groups in total. The predicted octanol–water partition coefficient (Wildman–Crippen LogP) is 0.815. The Labute approximate surface area is 71.8 Å². The van der Waals surface area contributed by atoms with E-state index >= 15 is 0 Å². The average molecular weight is 164 g/mol. The second-order valence-corrected chi connectivity index (χ2v) is 3.83. The van der Waals surface area contributed by atoms with E-state index in [1.54, 1.807) is 0 Å². The molecule has 2 fully saturated rings. The molecule has 0 bridgehead atoms. The van der Waals surface area contributed by atoms with E-state index in [0.717, 1.165) is 24.7 Å². The standard InChI is InChI=1S/C9H12N2O/c10-2-1-9(12)11-8-4-6-3-7(6)5-8/h6-8H,1,3-5H2,(H,11,12). The van der Waals surface area contributed by atoms with Gasteiger partial charge in [-0.1, -0.05) is 0 Å². The molecule has 0 aromatic rings. The van der Waals surface area contributed by atoms with Gasteiger partial charge in [-0.25, -0.2) is 0 Å². The first-order valence-electron chi connectivity index (χ1n) is 4.46. The molecule has 3 nitrogen and oxygen atoms in total. The Morgan fingerprint density at radius 2 is 2.08 bits per heavy atom. The largest absolute Gasteiger partial charge is 0.352 e. The summed E-state index contributed by atoms with van der Waals surface area (Å²) < 4.78 is 0. The van der Waals surface area contributed by atoms with Gasteiger partial charge in [0.25, 0.3) is 0 Å². The molecule has 0 radical (unpaired) electrons. The van der Waals surface area contributed by atoms with Crippen molar-refractivity contribution in [3.8, 4) is 6.07 Å². The molecular weight excluding hydrogens is 152 g/mol. The Kier molecular flexibility index (Phi) is 1.76. The molecule has 2 aliphatic carbocycles. The van der Waals surface area contributed by atoms with Crippen molar-refractivity contribution in [2.45, 2.75) is 31.7 Å². The highest BCUT2D eigenvalue weighted by Gasteiger charge is 2.45. The smallest absolute Gasteiger partial charge is 0.234 e. The summed E-state index contributed by atoms with van der Waals surface area (Å²) in [5.41, 5.74) is 0. The number of hydrogen-bond acceptors (Lipinski definition) is 2. The number of amides is 1. The van der Waals surface area contributed by atoms with Crippen LogP contribution in [0.4, 0.5) is 0 Å². The zero-order valence-corrected chi connectivity index (χ0v) is 6.92. The number of carbonyl (C=O) groups is 1. The van der Waals surface area contributed by atoms with Gasteiger partial charge in [-0.05, 0) is 31.1 Å². The molecule has 0 spiro atoms. The minimum absolute atomic E-state index is 0.00579. The summed E-state index contributed by atoms with van der Waals surface area (Å²) >= 11 is 0. The van der Waals surface area contributed by atoms with Crippen molar-refractivity contribution in [1.82, 2.24) is 5.32 Å². The number of nitrogens with zero attached hydrogens (tertiary/aromatic N) is 1. The van der Waals surface area contributed by atoms with Crippen LogP contribution in [0.5, 0.6) is 0 Å². The maximum atomic E-state index is 11.0. The fraction of sp³-hybridized carbons (Fsp3) is 0.778. The lowest BCUT2D eigenvalue weighted by Gasteiger charge is -2.12. The lowest BCUT2D eigenvalue weighted by atomic mass is 10.1. The Balaban J connectivity index is 1.74. The summed E-state index contributed by atoms with van der Waals surface area (Å²) in [5, 5.41) is 11.1. The molecule has 1 amide bonds. The van der Waals surface area contributed by atoms with Crippen molar-refractivity contribution in [2.24, 2.45) is 11.8 Å². The number of rotatable bonds is 2. The quantitative estimate of drug-likeness (QED) is 0.656. The Bertz CT molecular complexity index is 233. The maximum Gasteiger partial charge on any atom is 0.234 e. The van der Waals surface area contributed by atoms with E-state index in [0.29, 0.717) is 6.04 Å². The first-order valence-corrected chi connectivity index (χ1v) is 4.46. The van der Waals surface area contributed by atoms with Gasteiger partial charge in [-0.3, -0.25) is 4.79 Å². The van der Waals surface area contributed by atoms with Crippen molar-refractivity contribution in [3.63, 3.8) is 0 Å². The van der Waals surface area contributed by atoms with E-state index in [-0.39, 0.29) is 12.3 Å². The van der Waals surface area contributed by atoms with Gasteiger partial charge in [0.2, 0.25) is 5.91 Å². The molecule has 0 heterocycles. The number of fused-ring (bicyclic) bond motifs is 1.